The maximum absolute atomic E-state index is 4.99. The van der Waals surface area contributed by atoms with Crippen molar-refractivity contribution < 1.29 is 0 Å². The lowest BCUT2D eigenvalue weighted by atomic mass is 10.1. The summed E-state index contributed by atoms with van der Waals surface area (Å²) in [6.45, 7) is 6.67. The number of thiophene rings is 1. The topological polar surface area (TPSA) is 84.6 Å². The van der Waals surface area contributed by atoms with Crippen molar-refractivity contribution >= 4 is 28.1 Å². The van der Waals surface area contributed by atoms with Crippen molar-refractivity contribution in [2.45, 2.75) is 20.8 Å². The van der Waals surface area contributed by atoms with Crippen LogP contribution in [0.25, 0.3) is 33.7 Å². The summed E-state index contributed by atoms with van der Waals surface area (Å²) in [6.07, 6.45) is 3.66. The Morgan fingerprint density at radius 3 is 2.72 bits per heavy atom. The molecule has 5 aromatic heterocycles. The number of imidazole rings is 2. The van der Waals surface area contributed by atoms with Crippen molar-refractivity contribution in [3.8, 4) is 22.6 Å². The average Bonchev–Trinajstić information content (AvgIpc) is 3.54. The highest BCUT2D eigenvalue weighted by atomic mass is 32.1. The molecule has 0 amide bonds. The molecule has 0 spiro atoms. The van der Waals surface area contributed by atoms with Crippen LogP contribution in [-0.4, -0.2) is 41.7 Å². The summed E-state index contributed by atoms with van der Waals surface area (Å²) in [5.74, 6) is 1.64. The van der Waals surface area contributed by atoms with Crippen LogP contribution in [0.2, 0.25) is 0 Å². The zero-order chi connectivity index (χ0) is 22.2. The minimum Gasteiger partial charge on any atom is -0.336 e. The van der Waals surface area contributed by atoms with Crippen molar-refractivity contribution in [1.82, 2.24) is 29.5 Å². The molecule has 0 aromatic carbocycles. The van der Waals surface area contributed by atoms with E-state index in [4.69, 9.17) is 15.0 Å². The van der Waals surface area contributed by atoms with E-state index in [-0.39, 0.29) is 0 Å². The summed E-state index contributed by atoms with van der Waals surface area (Å²) in [7, 11) is 2.00. The number of H-pyrrole nitrogens is 1. The average molecular weight is 442 g/mol. The molecule has 0 atom stereocenters. The van der Waals surface area contributed by atoms with Crippen LogP contribution in [0.5, 0.6) is 0 Å². The molecule has 1 N–H and O–H groups in total. The minimum atomic E-state index is 0.623. The zero-order valence-corrected chi connectivity index (χ0v) is 19.2. The van der Waals surface area contributed by atoms with Crippen LogP contribution in [0.4, 0.5) is 0 Å². The number of aliphatic imine (C=N–C) groups is 1. The van der Waals surface area contributed by atoms with Gasteiger partial charge in [-0.05, 0) is 49.9 Å². The van der Waals surface area contributed by atoms with Crippen LogP contribution in [0.15, 0.2) is 52.4 Å². The Labute approximate surface area is 190 Å². The molecule has 0 aliphatic heterocycles. The fourth-order valence-electron chi connectivity index (χ4n) is 3.73. The lowest BCUT2D eigenvalue weighted by molar-refractivity contribution is 0.861. The zero-order valence-electron chi connectivity index (χ0n) is 18.4. The van der Waals surface area contributed by atoms with E-state index in [0.717, 1.165) is 56.5 Å². The molecule has 0 aliphatic carbocycles. The number of hydrogen-bond donors (Lipinski definition) is 1. The Kier molecular flexibility index (Phi) is 5.14. The van der Waals surface area contributed by atoms with Gasteiger partial charge in [0.15, 0.2) is 5.82 Å². The van der Waals surface area contributed by atoms with Crippen molar-refractivity contribution in [2.75, 3.05) is 6.54 Å². The molecule has 5 rings (SSSR count). The summed E-state index contributed by atoms with van der Waals surface area (Å²) in [5.41, 5.74) is 8.11. The van der Waals surface area contributed by atoms with E-state index in [0.29, 0.717) is 12.4 Å². The number of aryl methyl sites for hydroxylation is 2. The third-order valence-corrected chi connectivity index (χ3v) is 6.22. The van der Waals surface area contributed by atoms with Gasteiger partial charge in [0.2, 0.25) is 0 Å². The standard InChI is InChI=1S/C24H23N7S/c1-5-25-23(20-14(2)6-7-17(28-20)19-12-27-15(3)31(19)4)24-29-18-8-10-26-21(22(18)30-24)16-9-11-32-13-16/h6-13H,5H2,1-4H3,(H,29,30)/b25-23+. The van der Waals surface area contributed by atoms with Gasteiger partial charge in [-0.1, -0.05) is 6.07 Å². The minimum absolute atomic E-state index is 0.623. The number of fused-ring (bicyclic) bond motifs is 1. The van der Waals surface area contributed by atoms with Crippen LogP contribution in [0.1, 0.15) is 29.8 Å². The highest BCUT2D eigenvalue weighted by Gasteiger charge is 2.19. The van der Waals surface area contributed by atoms with E-state index in [1.54, 1.807) is 11.3 Å². The SMILES string of the molecule is CC/N=C(/c1nc2c(-c3ccsc3)nccc2[nH]1)c1nc(-c2cnc(C)n2C)ccc1C. The molecular formula is C24H23N7S. The first kappa shape index (κ1) is 20.3. The Bertz CT molecular complexity index is 1440. The van der Waals surface area contributed by atoms with Gasteiger partial charge in [0, 0.05) is 30.7 Å². The molecular weight excluding hydrogens is 418 g/mol. The first-order chi connectivity index (χ1) is 15.6. The molecule has 0 bridgehead atoms. The van der Waals surface area contributed by atoms with Crippen LogP contribution >= 0.6 is 11.3 Å². The van der Waals surface area contributed by atoms with Crippen molar-refractivity contribution in [1.29, 1.82) is 0 Å². The van der Waals surface area contributed by atoms with E-state index < -0.39 is 0 Å². The summed E-state index contributed by atoms with van der Waals surface area (Å²) < 4.78 is 2.04. The Morgan fingerprint density at radius 2 is 2.00 bits per heavy atom. The summed E-state index contributed by atoms with van der Waals surface area (Å²) in [6, 6.07) is 8.11. The second-order valence-electron chi connectivity index (χ2n) is 7.59. The summed E-state index contributed by atoms with van der Waals surface area (Å²) >= 11 is 1.65. The van der Waals surface area contributed by atoms with E-state index in [1.165, 1.54) is 0 Å². The van der Waals surface area contributed by atoms with E-state index in [9.17, 15) is 0 Å². The van der Waals surface area contributed by atoms with Gasteiger partial charge in [-0.25, -0.2) is 15.0 Å². The van der Waals surface area contributed by atoms with Gasteiger partial charge in [0.25, 0.3) is 0 Å². The largest absolute Gasteiger partial charge is 0.336 e. The van der Waals surface area contributed by atoms with Gasteiger partial charge in [-0.3, -0.25) is 9.98 Å². The number of nitrogens with zero attached hydrogens (tertiary/aromatic N) is 6. The predicted octanol–water partition coefficient (Wildman–Crippen LogP) is 4.96. The Balaban J connectivity index is 1.66. The van der Waals surface area contributed by atoms with Crippen molar-refractivity contribution in [3.63, 3.8) is 0 Å². The van der Waals surface area contributed by atoms with Gasteiger partial charge in [0.05, 0.1) is 34.5 Å². The van der Waals surface area contributed by atoms with Gasteiger partial charge >= 0.3 is 0 Å². The first-order valence-electron chi connectivity index (χ1n) is 10.5. The number of pyridine rings is 2. The van der Waals surface area contributed by atoms with Crippen LogP contribution in [0.3, 0.4) is 0 Å². The highest BCUT2D eigenvalue weighted by molar-refractivity contribution is 7.08. The molecule has 160 valence electrons. The van der Waals surface area contributed by atoms with E-state index in [2.05, 4.69) is 32.5 Å². The fraction of sp³-hybridized carbons (Fsp3) is 0.208. The number of aromatic amines is 1. The number of aromatic nitrogens is 6. The van der Waals surface area contributed by atoms with E-state index >= 15 is 0 Å². The van der Waals surface area contributed by atoms with E-state index in [1.807, 2.05) is 62.3 Å². The van der Waals surface area contributed by atoms with Gasteiger partial charge in [0.1, 0.15) is 17.1 Å². The quantitative estimate of drug-likeness (QED) is 0.391. The molecule has 7 nitrogen and oxygen atoms in total. The molecule has 8 heteroatoms. The lowest BCUT2D eigenvalue weighted by Crippen LogP contribution is -2.12. The Hall–Kier alpha value is -3.65. The maximum atomic E-state index is 4.99. The van der Waals surface area contributed by atoms with Gasteiger partial charge in [-0.2, -0.15) is 11.3 Å². The number of hydrogen-bond acceptors (Lipinski definition) is 6. The molecule has 0 aliphatic rings. The second-order valence-corrected chi connectivity index (χ2v) is 8.37. The predicted molar refractivity (Wildman–Crippen MR) is 129 cm³/mol. The molecule has 5 aromatic rings. The maximum Gasteiger partial charge on any atom is 0.159 e. The third-order valence-electron chi connectivity index (χ3n) is 5.54. The smallest absolute Gasteiger partial charge is 0.159 e. The van der Waals surface area contributed by atoms with Gasteiger partial charge < -0.3 is 9.55 Å². The molecule has 5 heterocycles. The molecule has 0 fully saturated rings. The molecule has 32 heavy (non-hydrogen) atoms. The molecule has 0 unspecified atom stereocenters. The number of rotatable bonds is 5. The van der Waals surface area contributed by atoms with Crippen molar-refractivity contribution in [3.05, 3.63) is 70.3 Å². The Morgan fingerprint density at radius 1 is 1.12 bits per heavy atom. The van der Waals surface area contributed by atoms with Crippen LogP contribution in [0, 0.1) is 13.8 Å². The van der Waals surface area contributed by atoms with Crippen molar-refractivity contribution in [2.24, 2.45) is 12.0 Å². The number of nitrogens with one attached hydrogen (secondary N) is 1. The van der Waals surface area contributed by atoms with Crippen LogP contribution < -0.4 is 0 Å². The molecule has 0 saturated carbocycles. The molecule has 0 saturated heterocycles. The monoisotopic (exact) mass is 441 g/mol. The summed E-state index contributed by atoms with van der Waals surface area (Å²) in [4.78, 5) is 27.2. The molecule has 0 radical (unpaired) electrons. The second kappa shape index (κ2) is 8.12. The fourth-order valence-corrected chi connectivity index (χ4v) is 4.37. The lowest BCUT2D eigenvalue weighted by Gasteiger charge is -2.10. The van der Waals surface area contributed by atoms with Crippen LogP contribution in [-0.2, 0) is 7.05 Å². The van der Waals surface area contributed by atoms with Gasteiger partial charge in [-0.15, -0.1) is 0 Å². The first-order valence-corrected chi connectivity index (χ1v) is 11.4. The highest BCUT2D eigenvalue weighted by Crippen LogP contribution is 2.28. The summed E-state index contributed by atoms with van der Waals surface area (Å²) in [5, 5.41) is 4.13. The third kappa shape index (κ3) is 3.42. The normalized spacial score (nSPS) is 12.1.